The fourth-order valence-corrected chi connectivity index (χ4v) is 3.55. The standard InChI is InChI=1S/C20H26N2O3S/c1-14(2)17-6-8-18(9-7-17)22-20(23)11-12-21-26(24,25)19-10-5-15(3)16(4)13-19/h5-10,13-14,21H,11-12H2,1-4H3,(H,22,23). The molecule has 0 heterocycles. The Hall–Kier alpha value is -2.18. The van der Waals surface area contributed by atoms with Crippen molar-refractivity contribution in [3.05, 3.63) is 59.2 Å². The summed E-state index contributed by atoms with van der Waals surface area (Å²) in [6, 6.07) is 12.6. The smallest absolute Gasteiger partial charge is 0.240 e. The molecule has 0 aliphatic rings. The number of aryl methyl sites for hydroxylation is 2. The van der Waals surface area contributed by atoms with Crippen LogP contribution in [0.25, 0.3) is 0 Å². The van der Waals surface area contributed by atoms with Crippen LogP contribution in [0.2, 0.25) is 0 Å². The van der Waals surface area contributed by atoms with E-state index in [-0.39, 0.29) is 23.8 Å². The molecular formula is C20H26N2O3S. The Balaban J connectivity index is 1.88. The summed E-state index contributed by atoms with van der Waals surface area (Å²) >= 11 is 0. The van der Waals surface area contributed by atoms with Gasteiger partial charge in [0.25, 0.3) is 0 Å². The van der Waals surface area contributed by atoms with Gasteiger partial charge in [-0.3, -0.25) is 4.79 Å². The molecule has 0 aromatic heterocycles. The molecule has 140 valence electrons. The van der Waals surface area contributed by atoms with E-state index in [4.69, 9.17) is 0 Å². The molecule has 2 aromatic carbocycles. The molecule has 0 aliphatic carbocycles. The zero-order valence-corrected chi connectivity index (χ0v) is 16.5. The lowest BCUT2D eigenvalue weighted by atomic mass is 10.0. The molecule has 1 amide bonds. The third kappa shape index (κ3) is 5.41. The molecule has 5 nitrogen and oxygen atoms in total. The van der Waals surface area contributed by atoms with Gasteiger partial charge in [0.2, 0.25) is 15.9 Å². The van der Waals surface area contributed by atoms with Gasteiger partial charge in [0.15, 0.2) is 0 Å². The van der Waals surface area contributed by atoms with Crippen LogP contribution in [-0.4, -0.2) is 20.9 Å². The van der Waals surface area contributed by atoms with Gasteiger partial charge in [0.1, 0.15) is 0 Å². The van der Waals surface area contributed by atoms with Crippen molar-refractivity contribution < 1.29 is 13.2 Å². The van der Waals surface area contributed by atoms with E-state index >= 15 is 0 Å². The van der Waals surface area contributed by atoms with Crippen LogP contribution in [0.15, 0.2) is 47.4 Å². The Morgan fingerprint density at radius 1 is 1.00 bits per heavy atom. The molecule has 0 atom stereocenters. The molecule has 6 heteroatoms. The third-order valence-electron chi connectivity index (χ3n) is 4.29. The van der Waals surface area contributed by atoms with Gasteiger partial charge in [0.05, 0.1) is 4.90 Å². The highest BCUT2D eigenvalue weighted by atomic mass is 32.2. The summed E-state index contributed by atoms with van der Waals surface area (Å²) in [6.45, 7) is 8.05. The van der Waals surface area contributed by atoms with Crippen molar-refractivity contribution in [1.29, 1.82) is 0 Å². The van der Waals surface area contributed by atoms with Gasteiger partial charge in [-0.15, -0.1) is 0 Å². The summed E-state index contributed by atoms with van der Waals surface area (Å²) in [5.74, 6) is 0.199. The van der Waals surface area contributed by atoms with Crippen molar-refractivity contribution in [2.45, 2.75) is 44.9 Å². The van der Waals surface area contributed by atoms with Crippen molar-refractivity contribution in [3.8, 4) is 0 Å². The normalized spacial score (nSPS) is 11.6. The lowest BCUT2D eigenvalue weighted by Crippen LogP contribution is -2.28. The second-order valence-electron chi connectivity index (χ2n) is 6.72. The van der Waals surface area contributed by atoms with Gasteiger partial charge in [0, 0.05) is 18.7 Å². The SMILES string of the molecule is Cc1ccc(S(=O)(=O)NCCC(=O)Nc2ccc(C(C)C)cc2)cc1C. The fourth-order valence-electron chi connectivity index (χ4n) is 2.44. The number of carbonyl (C=O) groups is 1. The lowest BCUT2D eigenvalue weighted by Gasteiger charge is -2.10. The summed E-state index contributed by atoms with van der Waals surface area (Å²) in [5.41, 5.74) is 3.85. The molecule has 26 heavy (non-hydrogen) atoms. The Morgan fingerprint density at radius 3 is 2.23 bits per heavy atom. The van der Waals surface area contributed by atoms with Crippen LogP contribution >= 0.6 is 0 Å². The van der Waals surface area contributed by atoms with Gasteiger partial charge in [-0.2, -0.15) is 0 Å². The molecule has 0 saturated carbocycles. The average Bonchev–Trinajstić information content (AvgIpc) is 2.57. The summed E-state index contributed by atoms with van der Waals surface area (Å²) in [4.78, 5) is 12.2. The first-order chi connectivity index (χ1) is 12.2. The van der Waals surface area contributed by atoms with Crippen LogP contribution in [0.4, 0.5) is 5.69 Å². The zero-order chi connectivity index (χ0) is 19.3. The molecule has 0 bridgehead atoms. The molecular weight excluding hydrogens is 348 g/mol. The number of anilines is 1. The maximum atomic E-state index is 12.3. The van der Waals surface area contributed by atoms with Crippen molar-refractivity contribution >= 4 is 21.6 Å². The molecule has 0 fully saturated rings. The highest BCUT2D eigenvalue weighted by Crippen LogP contribution is 2.17. The number of amides is 1. The van der Waals surface area contributed by atoms with E-state index in [1.807, 2.05) is 38.1 Å². The maximum Gasteiger partial charge on any atom is 0.240 e. The van der Waals surface area contributed by atoms with E-state index in [1.54, 1.807) is 18.2 Å². The van der Waals surface area contributed by atoms with Crippen LogP contribution in [0.5, 0.6) is 0 Å². The Kier molecular flexibility index (Phi) is 6.56. The maximum absolute atomic E-state index is 12.3. The first-order valence-electron chi connectivity index (χ1n) is 8.66. The van der Waals surface area contributed by atoms with E-state index in [9.17, 15) is 13.2 Å². The fraction of sp³-hybridized carbons (Fsp3) is 0.350. The van der Waals surface area contributed by atoms with Gasteiger partial charge < -0.3 is 5.32 Å². The van der Waals surface area contributed by atoms with Gasteiger partial charge in [-0.1, -0.05) is 32.0 Å². The predicted molar refractivity (Wildman–Crippen MR) is 105 cm³/mol. The minimum atomic E-state index is -3.61. The first kappa shape index (κ1) is 20.1. The lowest BCUT2D eigenvalue weighted by molar-refractivity contribution is -0.116. The number of benzene rings is 2. The number of carbonyl (C=O) groups excluding carboxylic acids is 1. The van der Waals surface area contributed by atoms with Gasteiger partial charge in [-0.25, -0.2) is 13.1 Å². The van der Waals surface area contributed by atoms with E-state index in [1.165, 1.54) is 5.56 Å². The zero-order valence-electron chi connectivity index (χ0n) is 15.7. The van der Waals surface area contributed by atoms with Crippen LogP contribution < -0.4 is 10.0 Å². The number of rotatable bonds is 7. The summed E-state index contributed by atoms with van der Waals surface area (Å²) in [5, 5.41) is 2.78. The van der Waals surface area contributed by atoms with E-state index in [0.29, 0.717) is 11.6 Å². The van der Waals surface area contributed by atoms with Crippen molar-refractivity contribution in [3.63, 3.8) is 0 Å². The minimum absolute atomic E-state index is 0.0468. The van der Waals surface area contributed by atoms with Crippen LogP contribution in [0.3, 0.4) is 0 Å². The van der Waals surface area contributed by atoms with Crippen molar-refractivity contribution in [2.24, 2.45) is 0 Å². The molecule has 2 rings (SSSR count). The number of sulfonamides is 1. The summed E-state index contributed by atoms with van der Waals surface area (Å²) < 4.78 is 27.1. The molecule has 2 aromatic rings. The Bertz CT molecular complexity index is 872. The monoisotopic (exact) mass is 374 g/mol. The highest BCUT2D eigenvalue weighted by Gasteiger charge is 2.15. The molecule has 0 unspecified atom stereocenters. The topological polar surface area (TPSA) is 75.3 Å². The minimum Gasteiger partial charge on any atom is -0.326 e. The van der Waals surface area contributed by atoms with E-state index in [0.717, 1.165) is 11.1 Å². The quantitative estimate of drug-likeness (QED) is 0.775. The van der Waals surface area contributed by atoms with E-state index in [2.05, 4.69) is 23.9 Å². The van der Waals surface area contributed by atoms with Gasteiger partial charge in [-0.05, 0) is 60.7 Å². The van der Waals surface area contributed by atoms with Crippen LogP contribution in [0.1, 0.15) is 42.9 Å². The molecule has 0 saturated heterocycles. The largest absolute Gasteiger partial charge is 0.326 e. The molecule has 0 spiro atoms. The second-order valence-corrected chi connectivity index (χ2v) is 8.49. The summed E-state index contributed by atoms with van der Waals surface area (Å²) in [7, 11) is -3.61. The van der Waals surface area contributed by atoms with Crippen molar-refractivity contribution in [2.75, 3.05) is 11.9 Å². The number of hydrogen-bond donors (Lipinski definition) is 2. The van der Waals surface area contributed by atoms with Crippen LogP contribution in [0, 0.1) is 13.8 Å². The summed E-state index contributed by atoms with van der Waals surface area (Å²) in [6.07, 6.45) is 0.0655. The molecule has 2 N–H and O–H groups in total. The number of nitrogens with one attached hydrogen (secondary N) is 2. The second kappa shape index (κ2) is 8.47. The van der Waals surface area contributed by atoms with Crippen LogP contribution in [-0.2, 0) is 14.8 Å². The average molecular weight is 375 g/mol. The Morgan fingerprint density at radius 2 is 1.65 bits per heavy atom. The highest BCUT2D eigenvalue weighted by molar-refractivity contribution is 7.89. The molecule has 0 aliphatic heterocycles. The number of hydrogen-bond acceptors (Lipinski definition) is 3. The van der Waals surface area contributed by atoms with Crippen molar-refractivity contribution in [1.82, 2.24) is 4.72 Å². The molecule has 0 radical (unpaired) electrons. The predicted octanol–water partition coefficient (Wildman–Crippen LogP) is 3.73. The Labute approximate surface area is 155 Å². The third-order valence-corrected chi connectivity index (χ3v) is 5.75. The van der Waals surface area contributed by atoms with E-state index < -0.39 is 10.0 Å². The first-order valence-corrected chi connectivity index (χ1v) is 10.1. The van der Waals surface area contributed by atoms with Gasteiger partial charge >= 0.3 is 0 Å².